The first kappa shape index (κ1) is 27.9. The second-order valence-electron chi connectivity index (χ2n) is 8.45. The fourth-order valence-electron chi connectivity index (χ4n) is 3.85. The van der Waals surface area contributed by atoms with Crippen molar-refractivity contribution in [1.82, 2.24) is 0 Å². The standard InChI is InChI=1S/C23H48O4S/c1-2-3-4-17-20-23(28(25,26)27)21-18-15-13-11-9-7-5-6-8-10-12-14-16-19-22-24/h23-24H,2-22H2,1H3,(H,25,26,27). The van der Waals surface area contributed by atoms with Crippen molar-refractivity contribution in [3.63, 3.8) is 0 Å². The molecule has 0 fully saturated rings. The van der Waals surface area contributed by atoms with E-state index in [2.05, 4.69) is 6.92 Å². The molecule has 0 spiro atoms. The van der Waals surface area contributed by atoms with Gasteiger partial charge in [0.15, 0.2) is 0 Å². The van der Waals surface area contributed by atoms with E-state index in [1.807, 2.05) is 0 Å². The predicted molar refractivity (Wildman–Crippen MR) is 120 cm³/mol. The van der Waals surface area contributed by atoms with Gasteiger partial charge in [-0.25, -0.2) is 0 Å². The smallest absolute Gasteiger partial charge is 0.267 e. The highest BCUT2D eigenvalue weighted by Crippen LogP contribution is 2.19. The maximum Gasteiger partial charge on any atom is 0.267 e. The lowest BCUT2D eigenvalue weighted by molar-refractivity contribution is 0.282. The Morgan fingerprint density at radius 2 is 0.893 bits per heavy atom. The van der Waals surface area contributed by atoms with Crippen LogP contribution in [0.2, 0.25) is 0 Å². The van der Waals surface area contributed by atoms with E-state index in [9.17, 15) is 13.0 Å². The summed E-state index contributed by atoms with van der Waals surface area (Å²) < 4.78 is 32.5. The topological polar surface area (TPSA) is 74.6 Å². The zero-order valence-corrected chi connectivity index (χ0v) is 19.4. The van der Waals surface area contributed by atoms with Crippen LogP contribution in [0.1, 0.15) is 135 Å². The lowest BCUT2D eigenvalue weighted by Gasteiger charge is -2.13. The molecule has 0 aliphatic carbocycles. The molecular formula is C23H48O4S. The van der Waals surface area contributed by atoms with Gasteiger partial charge in [-0.2, -0.15) is 8.42 Å². The number of aliphatic hydroxyl groups excluding tert-OH is 1. The van der Waals surface area contributed by atoms with Gasteiger partial charge in [-0.05, 0) is 19.3 Å². The van der Waals surface area contributed by atoms with E-state index in [0.717, 1.165) is 44.9 Å². The summed E-state index contributed by atoms with van der Waals surface area (Å²) >= 11 is 0. The first-order chi connectivity index (χ1) is 13.5. The van der Waals surface area contributed by atoms with Gasteiger partial charge < -0.3 is 5.11 Å². The van der Waals surface area contributed by atoms with E-state index in [1.54, 1.807) is 0 Å². The summed E-state index contributed by atoms with van der Waals surface area (Å²) in [6.45, 7) is 2.48. The molecule has 0 saturated heterocycles. The molecule has 0 aromatic carbocycles. The summed E-state index contributed by atoms with van der Waals surface area (Å²) in [4.78, 5) is 0. The van der Waals surface area contributed by atoms with Crippen LogP contribution in [0.5, 0.6) is 0 Å². The summed E-state index contributed by atoms with van der Waals surface area (Å²) in [5, 5.41) is 8.18. The van der Waals surface area contributed by atoms with Gasteiger partial charge in [-0.1, -0.05) is 116 Å². The zero-order valence-electron chi connectivity index (χ0n) is 18.5. The van der Waals surface area contributed by atoms with Crippen LogP contribution in [0.4, 0.5) is 0 Å². The fraction of sp³-hybridized carbons (Fsp3) is 1.00. The van der Waals surface area contributed by atoms with Crippen molar-refractivity contribution in [1.29, 1.82) is 0 Å². The molecule has 0 aromatic rings. The van der Waals surface area contributed by atoms with Crippen LogP contribution in [0.3, 0.4) is 0 Å². The van der Waals surface area contributed by atoms with Gasteiger partial charge in [0.25, 0.3) is 10.1 Å². The third kappa shape index (κ3) is 19.2. The van der Waals surface area contributed by atoms with Gasteiger partial charge in [-0.15, -0.1) is 0 Å². The Labute approximate surface area is 175 Å². The Kier molecular flexibility index (Phi) is 20.1. The number of hydrogen-bond acceptors (Lipinski definition) is 3. The Balaban J connectivity index is 3.46. The molecule has 0 rings (SSSR count). The summed E-state index contributed by atoms with van der Waals surface area (Å²) in [6.07, 6.45) is 22.5. The molecule has 4 nitrogen and oxygen atoms in total. The first-order valence-electron chi connectivity index (χ1n) is 12.1. The van der Waals surface area contributed by atoms with Gasteiger partial charge in [0.1, 0.15) is 0 Å². The number of rotatable bonds is 22. The molecule has 5 heteroatoms. The molecule has 28 heavy (non-hydrogen) atoms. The molecule has 0 radical (unpaired) electrons. The first-order valence-corrected chi connectivity index (χ1v) is 13.6. The summed E-state index contributed by atoms with van der Waals surface area (Å²) in [6, 6.07) is 0. The molecular weight excluding hydrogens is 372 g/mol. The van der Waals surface area contributed by atoms with Crippen LogP contribution < -0.4 is 0 Å². The number of unbranched alkanes of at least 4 members (excludes halogenated alkanes) is 16. The van der Waals surface area contributed by atoms with Crippen molar-refractivity contribution in [2.24, 2.45) is 0 Å². The molecule has 170 valence electrons. The van der Waals surface area contributed by atoms with E-state index < -0.39 is 15.4 Å². The molecule has 0 bridgehead atoms. The Morgan fingerprint density at radius 3 is 1.21 bits per heavy atom. The number of aliphatic hydroxyl groups is 1. The average molecular weight is 421 g/mol. The van der Waals surface area contributed by atoms with Crippen LogP contribution in [0.15, 0.2) is 0 Å². The molecule has 0 heterocycles. The van der Waals surface area contributed by atoms with E-state index in [1.165, 1.54) is 70.6 Å². The van der Waals surface area contributed by atoms with Crippen LogP contribution >= 0.6 is 0 Å². The predicted octanol–water partition coefficient (Wildman–Crippen LogP) is 7.06. The largest absolute Gasteiger partial charge is 0.396 e. The normalized spacial score (nSPS) is 13.1. The minimum atomic E-state index is -3.88. The van der Waals surface area contributed by atoms with E-state index in [-0.39, 0.29) is 0 Å². The Hall–Kier alpha value is -0.130. The maximum absolute atomic E-state index is 11.5. The van der Waals surface area contributed by atoms with Gasteiger partial charge >= 0.3 is 0 Å². The third-order valence-electron chi connectivity index (χ3n) is 5.74. The molecule has 0 aliphatic rings. The maximum atomic E-state index is 11.5. The third-order valence-corrected chi connectivity index (χ3v) is 7.05. The molecule has 0 aromatic heterocycles. The molecule has 0 aliphatic heterocycles. The van der Waals surface area contributed by atoms with E-state index in [4.69, 9.17) is 5.11 Å². The highest BCUT2D eigenvalue weighted by Gasteiger charge is 2.21. The SMILES string of the molecule is CCCCCCC(CCCCCCCCCCCCCCCCO)S(=O)(=O)O. The van der Waals surface area contributed by atoms with Crippen molar-refractivity contribution < 1.29 is 18.1 Å². The Bertz CT molecular complexity index is 409. The minimum Gasteiger partial charge on any atom is -0.396 e. The minimum absolute atomic E-state index is 0.333. The van der Waals surface area contributed by atoms with E-state index in [0.29, 0.717) is 19.4 Å². The highest BCUT2D eigenvalue weighted by atomic mass is 32.2. The zero-order chi connectivity index (χ0) is 20.9. The summed E-state index contributed by atoms with van der Waals surface area (Å²) in [5.74, 6) is 0. The monoisotopic (exact) mass is 420 g/mol. The lowest BCUT2D eigenvalue weighted by atomic mass is 10.0. The second-order valence-corrected chi connectivity index (χ2v) is 10.1. The van der Waals surface area contributed by atoms with Gasteiger partial charge in [0.2, 0.25) is 0 Å². The quantitative estimate of drug-likeness (QED) is 0.145. The van der Waals surface area contributed by atoms with E-state index >= 15 is 0 Å². The molecule has 0 saturated carbocycles. The van der Waals surface area contributed by atoms with Crippen LogP contribution in [0, 0.1) is 0 Å². The van der Waals surface area contributed by atoms with Gasteiger partial charge in [-0.3, -0.25) is 4.55 Å². The van der Waals surface area contributed by atoms with Crippen molar-refractivity contribution in [3.8, 4) is 0 Å². The van der Waals surface area contributed by atoms with Crippen LogP contribution in [-0.2, 0) is 10.1 Å². The van der Waals surface area contributed by atoms with Crippen molar-refractivity contribution in [2.45, 2.75) is 141 Å². The second kappa shape index (κ2) is 20.2. The number of hydrogen-bond donors (Lipinski definition) is 2. The molecule has 1 atom stereocenters. The Morgan fingerprint density at radius 1 is 0.571 bits per heavy atom. The van der Waals surface area contributed by atoms with Crippen molar-refractivity contribution in [3.05, 3.63) is 0 Å². The van der Waals surface area contributed by atoms with Crippen molar-refractivity contribution in [2.75, 3.05) is 6.61 Å². The van der Waals surface area contributed by atoms with Crippen molar-refractivity contribution >= 4 is 10.1 Å². The van der Waals surface area contributed by atoms with Gasteiger partial charge in [0.05, 0.1) is 5.25 Å². The van der Waals surface area contributed by atoms with Gasteiger partial charge in [0, 0.05) is 6.61 Å². The fourth-order valence-corrected chi connectivity index (χ4v) is 4.78. The summed E-state index contributed by atoms with van der Waals surface area (Å²) in [7, 11) is -3.88. The van der Waals surface area contributed by atoms with Crippen LogP contribution in [-0.4, -0.2) is 29.9 Å². The van der Waals surface area contributed by atoms with Crippen LogP contribution in [0.25, 0.3) is 0 Å². The lowest BCUT2D eigenvalue weighted by Crippen LogP contribution is -2.20. The average Bonchev–Trinajstić information content (AvgIpc) is 2.65. The summed E-state index contributed by atoms with van der Waals surface area (Å²) in [5.41, 5.74) is 0. The highest BCUT2D eigenvalue weighted by molar-refractivity contribution is 7.86. The molecule has 1 unspecified atom stereocenters. The molecule has 0 amide bonds. The molecule has 2 N–H and O–H groups in total.